The number of hydrogen-bond donors (Lipinski definition) is 1. The average molecular weight is 341 g/mol. The van der Waals surface area contributed by atoms with E-state index < -0.39 is 18.1 Å². The first-order valence-corrected chi connectivity index (χ1v) is 8.12. The van der Waals surface area contributed by atoms with E-state index in [0.29, 0.717) is 5.69 Å². The van der Waals surface area contributed by atoms with Gasteiger partial charge in [0.1, 0.15) is 12.6 Å². The number of carbonyl (C=O) groups is 2. The first-order valence-electron chi connectivity index (χ1n) is 8.12. The molecule has 0 aliphatic heterocycles. The fraction of sp³-hybridized carbons (Fsp3) is 0.300. The molecule has 2 rings (SSSR count). The van der Waals surface area contributed by atoms with E-state index in [1.165, 1.54) is 11.8 Å². The molecule has 0 saturated carbocycles. The van der Waals surface area contributed by atoms with Gasteiger partial charge >= 0.3 is 12.1 Å². The van der Waals surface area contributed by atoms with Crippen molar-refractivity contribution in [3.05, 3.63) is 64.7 Å². The molecule has 25 heavy (non-hydrogen) atoms. The summed E-state index contributed by atoms with van der Waals surface area (Å²) in [7, 11) is 0. The molecule has 0 aromatic heterocycles. The quantitative estimate of drug-likeness (QED) is 0.884. The molecule has 1 N–H and O–H groups in total. The van der Waals surface area contributed by atoms with Gasteiger partial charge in [-0.1, -0.05) is 48.0 Å². The van der Waals surface area contributed by atoms with Crippen LogP contribution in [0.2, 0.25) is 0 Å². The molecule has 2 aromatic rings. The molecule has 2 aromatic carbocycles. The number of benzene rings is 2. The molecule has 0 bridgehead atoms. The molecule has 1 amide bonds. The van der Waals surface area contributed by atoms with Crippen LogP contribution in [0.3, 0.4) is 0 Å². The second-order valence-corrected chi connectivity index (χ2v) is 6.17. The van der Waals surface area contributed by atoms with Crippen LogP contribution in [0.4, 0.5) is 10.5 Å². The standard InChI is InChI=1S/C20H23NO4/c1-13-10-14(2)18(15(3)11-13)21(16(4)19(22)23)20(24)25-12-17-8-6-5-7-9-17/h5-11,16H,12H2,1-4H3,(H,22,23)/t16-/m0/s1. The van der Waals surface area contributed by atoms with Gasteiger partial charge in [0.05, 0.1) is 5.69 Å². The Hall–Kier alpha value is -2.82. The maximum Gasteiger partial charge on any atom is 0.415 e. The van der Waals surface area contributed by atoms with Crippen LogP contribution in [0.25, 0.3) is 0 Å². The van der Waals surface area contributed by atoms with E-state index in [9.17, 15) is 14.7 Å². The highest BCUT2D eigenvalue weighted by molar-refractivity contribution is 5.96. The van der Waals surface area contributed by atoms with Crippen molar-refractivity contribution in [1.82, 2.24) is 0 Å². The second kappa shape index (κ2) is 7.83. The Kier molecular flexibility index (Phi) is 5.80. The van der Waals surface area contributed by atoms with Crippen LogP contribution >= 0.6 is 0 Å². The molecule has 0 heterocycles. The molecule has 0 unspecified atom stereocenters. The maximum absolute atomic E-state index is 12.7. The maximum atomic E-state index is 12.7. The molecule has 0 fully saturated rings. The highest BCUT2D eigenvalue weighted by atomic mass is 16.6. The first kappa shape index (κ1) is 18.5. The summed E-state index contributed by atoms with van der Waals surface area (Å²) in [4.78, 5) is 25.4. The summed E-state index contributed by atoms with van der Waals surface area (Å²) < 4.78 is 5.38. The van der Waals surface area contributed by atoms with Crippen LogP contribution in [-0.4, -0.2) is 23.2 Å². The van der Waals surface area contributed by atoms with E-state index in [0.717, 1.165) is 22.3 Å². The van der Waals surface area contributed by atoms with Gasteiger partial charge in [-0.15, -0.1) is 0 Å². The van der Waals surface area contributed by atoms with Gasteiger partial charge in [0, 0.05) is 0 Å². The Balaban J connectivity index is 2.33. The normalized spacial score (nSPS) is 11.7. The Morgan fingerprint density at radius 2 is 1.64 bits per heavy atom. The molecule has 0 radical (unpaired) electrons. The zero-order valence-corrected chi connectivity index (χ0v) is 14.9. The Bertz CT molecular complexity index is 748. The predicted molar refractivity (Wildman–Crippen MR) is 96.9 cm³/mol. The number of nitrogens with zero attached hydrogens (tertiary/aromatic N) is 1. The van der Waals surface area contributed by atoms with Gasteiger partial charge in [-0.3, -0.25) is 4.90 Å². The fourth-order valence-electron chi connectivity index (χ4n) is 2.89. The largest absolute Gasteiger partial charge is 0.480 e. The van der Waals surface area contributed by atoms with Crippen molar-refractivity contribution in [2.75, 3.05) is 4.90 Å². The minimum Gasteiger partial charge on any atom is -0.480 e. The number of aryl methyl sites for hydroxylation is 3. The number of hydrogen-bond acceptors (Lipinski definition) is 3. The van der Waals surface area contributed by atoms with Crippen molar-refractivity contribution < 1.29 is 19.4 Å². The third kappa shape index (κ3) is 4.38. The summed E-state index contributed by atoms with van der Waals surface area (Å²) in [5, 5.41) is 9.43. The van der Waals surface area contributed by atoms with Crippen molar-refractivity contribution in [2.45, 2.75) is 40.3 Å². The summed E-state index contributed by atoms with van der Waals surface area (Å²) in [5.74, 6) is -1.09. The van der Waals surface area contributed by atoms with Gasteiger partial charge < -0.3 is 9.84 Å². The van der Waals surface area contributed by atoms with Crippen molar-refractivity contribution >= 4 is 17.7 Å². The zero-order chi connectivity index (χ0) is 18.6. The highest BCUT2D eigenvalue weighted by Crippen LogP contribution is 2.29. The Morgan fingerprint density at radius 1 is 1.08 bits per heavy atom. The molecule has 0 saturated heterocycles. The minimum absolute atomic E-state index is 0.0898. The van der Waals surface area contributed by atoms with E-state index in [4.69, 9.17) is 4.74 Å². The molecular weight excluding hydrogens is 318 g/mol. The lowest BCUT2D eigenvalue weighted by atomic mass is 10.0. The van der Waals surface area contributed by atoms with E-state index in [-0.39, 0.29) is 6.61 Å². The fourth-order valence-corrected chi connectivity index (χ4v) is 2.89. The van der Waals surface area contributed by atoms with Crippen LogP contribution in [0.15, 0.2) is 42.5 Å². The zero-order valence-electron chi connectivity index (χ0n) is 14.9. The number of amides is 1. The van der Waals surface area contributed by atoms with Gasteiger partial charge in [-0.2, -0.15) is 0 Å². The number of carbonyl (C=O) groups excluding carboxylic acids is 1. The van der Waals surface area contributed by atoms with Crippen LogP contribution < -0.4 is 4.90 Å². The lowest BCUT2D eigenvalue weighted by Gasteiger charge is -2.29. The van der Waals surface area contributed by atoms with Crippen molar-refractivity contribution in [2.24, 2.45) is 0 Å². The molecule has 132 valence electrons. The van der Waals surface area contributed by atoms with E-state index in [2.05, 4.69) is 0 Å². The minimum atomic E-state index is -1.09. The van der Waals surface area contributed by atoms with Gasteiger partial charge in [-0.25, -0.2) is 9.59 Å². The molecule has 0 aliphatic rings. The lowest BCUT2D eigenvalue weighted by molar-refractivity contribution is -0.138. The van der Waals surface area contributed by atoms with Crippen molar-refractivity contribution in [3.63, 3.8) is 0 Å². The number of anilines is 1. The van der Waals surface area contributed by atoms with E-state index in [1.807, 2.05) is 63.2 Å². The van der Waals surface area contributed by atoms with Gasteiger partial charge in [0.15, 0.2) is 0 Å². The number of rotatable bonds is 5. The lowest BCUT2D eigenvalue weighted by Crippen LogP contribution is -2.44. The van der Waals surface area contributed by atoms with Gasteiger partial charge in [0.25, 0.3) is 0 Å². The summed E-state index contributed by atoms with van der Waals surface area (Å²) in [6.07, 6.45) is -0.672. The number of carboxylic acids is 1. The molecular formula is C20H23NO4. The smallest absolute Gasteiger partial charge is 0.415 e. The Morgan fingerprint density at radius 3 is 2.16 bits per heavy atom. The van der Waals surface area contributed by atoms with Crippen LogP contribution in [0.1, 0.15) is 29.2 Å². The number of aliphatic carboxylic acids is 1. The second-order valence-electron chi connectivity index (χ2n) is 6.17. The van der Waals surface area contributed by atoms with Crippen molar-refractivity contribution in [3.8, 4) is 0 Å². The summed E-state index contributed by atoms with van der Waals surface area (Å²) in [5.41, 5.74) is 4.15. The SMILES string of the molecule is Cc1cc(C)c(N(C(=O)OCc2ccccc2)[C@@H](C)C(=O)O)c(C)c1. The van der Waals surface area contributed by atoms with Crippen LogP contribution in [0, 0.1) is 20.8 Å². The molecule has 5 nitrogen and oxygen atoms in total. The first-order chi connectivity index (χ1) is 11.8. The molecule has 1 atom stereocenters. The van der Waals surface area contributed by atoms with Crippen molar-refractivity contribution in [1.29, 1.82) is 0 Å². The summed E-state index contributed by atoms with van der Waals surface area (Å²) in [6, 6.07) is 12.1. The van der Waals surface area contributed by atoms with Gasteiger partial charge in [0.2, 0.25) is 0 Å². The van der Waals surface area contributed by atoms with E-state index in [1.54, 1.807) is 0 Å². The monoisotopic (exact) mass is 341 g/mol. The number of carboxylic acid groups (broad SMARTS) is 1. The van der Waals surface area contributed by atoms with Crippen LogP contribution in [-0.2, 0) is 16.1 Å². The third-order valence-electron chi connectivity index (χ3n) is 4.02. The number of ether oxygens (including phenoxy) is 1. The average Bonchev–Trinajstić information content (AvgIpc) is 2.56. The topological polar surface area (TPSA) is 66.8 Å². The molecule has 5 heteroatoms. The summed E-state index contributed by atoms with van der Waals surface area (Å²) in [6.45, 7) is 7.25. The summed E-state index contributed by atoms with van der Waals surface area (Å²) >= 11 is 0. The Labute approximate surface area is 147 Å². The highest BCUT2D eigenvalue weighted by Gasteiger charge is 2.30. The third-order valence-corrected chi connectivity index (χ3v) is 4.02. The molecule has 0 aliphatic carbocycles. The molecule has 0 spiro atoms. The van der Waals surface area contributed by atoms with E-state index >= 15 is 0 Å². The van der Waals surface area contributed by atoms with Gasteiger partial charge in [-0.05, 0) is 44.4 Å². The van der Waals surface area contributed by atoms with Crippen LogP contribution in [0.5, 0.6) is 0 Å². The predicted octanol–water partition coefficient (Wildman–Crippen LogP) is 4.23.